The van der Waals surface area contributed by atoms with Crippen molar-refractivity contribution in [1.29, 1.82) is 0 Å². The van der Waals surface area contributed by atoms with Crippen molar-refractivity contribution in [2.45, 2.75) is 45.2 Å². The molecule has 0 amide bonds. The van der Waals surface area contributed by atoms with Crippen LogP contribution in [0.25, 0.3) is 16.9 Å². The molecule has 1 saturated heterocycles. The minimum absolute atomic E-state index is 0.224. The molecule has 3 aromatic rings. The van der Waals surface area contributed by atoms with E-state index < -0.39 is 17.3 Å². The van der Waals surface area contributed by atoms with E-state index >= 15 is 0 Å². The molecule has 1 aromatic heterocycles. The van der Waals surface area contributed by atoms with Crippen molar-refractivity contribution >= 4 is 17.3 Å². The fourth-order valence-electron chi connectivity index (χ4n) is 4.87. The van der Waals surface area contributed by atoms with E-state index in [1.165, 1.54) is 12.1 Å². The molecule has 4 nitrogen and oxygen atoms in total. The highest BCUT2D eigenvalue weighted by molar-refractivity contribution is 6.31. The molecule has 8 heteroatoms. The molecule has 33 heavy (non-hydrogen) atoms. The summed E-state index contributed by atoms with van der Waals surface area (Å²) in [6.07, 6.45) is -0.647. The van der Waals surface area contributed by atoms with E-state index in [1.54, 1.807) is 12.1 Å². The van der Waals surface area contributed by atoms with Crippen LogP contribution in [-0.2, 0) is 19.0 Å². The van der Waals surface area contributed by atoms with Gasteiger partial charge >= 0.3 is 6.18 Å². The molecule has 0 atom stereocenters. The van der Waals surface area contributed by atoms with E-state index in [1.807, 2.05) is 17.9 Å². The van der Waals surface area contributed by atoms with Gasteiger partial charge in [-0.05, 0) is 80.5 Å². The van der Waals surface area contributed by atoms with Gasteiger partial charge in [0.2, 0.25) is 0 Å². The van der Waals surface area contributed by atoms with Crippen LogP contribution < -0.4 is 10.5 Å². The van der Waals surface area contributed by atoms with Crippen molar-refractivity contribution in [3.05, 3.63) is 74.0 Å². The van der Waals surface area contributed by atoms with Crippen LogP contribution in [0.3, 0.4) is 0 Å². The smallest absolute Gasteiger partial charge is 0.371 e. The molecule has 2 aromatic carbocycles. The molecular formula is C25H23ClF3N3O. The van der Waals surface area contributed by atoms with E-state index in [9.17, 15) is 18.0 Å². The Morgan fingerprint density at radius 1 is 0.970 bits per heavy atom. The Bertz CT molecular complexity index is 1290. The first-order valence-corrected chi connectivity index (χ1v) is 11.5. The van der Waals surface area contributed by atoms with Gasteiger partial charge in [0.25, 0.3) is 5.56 Å². The predicted molar refractivity (Wildman–Crippen MR) is 123 cm³/mol. The average molecular weight is 474 g/mol. The van der Waals surface area contributed by atoms with Gasteiger partial charge in [0.1, 0.15) is 0 Å². The van der Waals surface area contributed by atoms with Crippen LogP contribution in [0, 0.1) is 6.92 Å². The molecule has 1 fully saturated rings. The van der Waals surface area contributed by atoms with Crippen LogP contribution in [0.1, 0.15) is 41.5 Å². The minimum atomic E-state index is -4.62. The zero-order valence-corrected chi connectivity index (χ0v) is 18.9. The number of fused-ring (bicyclic) bond motifs is 1. The molecule has 1 aliphatic carbocycles. The van der Waals surface area contributed by atoms with Crippen molar-refractivity contribution in [3.63, 3.8) is 0 Å². The van der Waals surface area contributed by atoms with Crippen molar-refractivity contribution in [1.82, 2.24) is 9.78 Å². The van der Waals surface area contributed by atoms with E-state index in [2.05, 4.69) is 5.10 Å². The van der Waals surface area contributed by atoms with Crippen LogP contribution in [0.4, 0.5) is 18.9 Å². The highest BCUT2D eigenvalue weighted by Gasteiger charge is 2.36. The lowest BCUT2D eigenvalue weighted by Gasteiger charge is -2.22. The van der Waals surface area contributed by atoms with Gasteiger partial charge in [-0.25, -0.2) is 0 Å². The fourth-order valence-corrected chi connectivity index (χ4v) is 4.99. The minimum Gasteiger partial charge on any atom is -0.371 e. The molecule has 172 valence electrons. The second-order valence-electron chi connectivity index (χ2n) is 8.73. The number of nitrogens with zero attached hydrogens (tertiary/aromatic N) is 3. The monoisotopic (exact) mass is 473 g/mol. The lowest BCUT2D eigenvalue weighted by Crippen LogP contribution is -2.28. The molecular weight excluding hydrogens is 451 g/mol. The van der Waals surface area contributed by atoms with Crippen LogP contribution in [0.15, 0.2) is 41.2 Å². The van der Waals surface area contributed by atoms with Gasteiger partial charge in [-0.15, -0.1) is 0 Å². The highest BCUT2D eigenvalue weighted by Crippen LogP contribution is 2.37. The summed E-state index contributed by atoms with van der Waals surface area (Å²) >= 11 is 6.18. The molecule has 0 bridgehead atoms. The van der Waals surface area contributed by atoms with Gasteiger partial charge in [0.15, 0.2) is 0 Å². The number of aryl methyl sites for hydroxylation is 1. The Balaban J connectivity index is 1.76. The summed E-state index contributed by atoms with van der Waals surface area (Å²) in [6, 6.07) is 9.43. The van der Waals surface area contributed by atoms with Gasteiger partial charge < -0.3 is 4.90 Å². The standard InChI is InChI=1S/C25H23ClF3N3O/c1-15-13-16(7-10-21(15)26)23-18-5-4-6-19(18)24(33)32(30-23)22-14-17(31-11-2-3-12-31)8-9-20(22)25(27,28)29/h7-10,13-14H,2-6,11-12H2,1H3. The van der Waals surface area contributed by atoms with E-state index in [0.717, 1.165) is 59.8 Å². The maximum atomic E-state index is 14.0. The number of rotatable bonds is 3. The molecule has 0 saturated carbocycles. The van der Waals surface area contributed by atoms with Gasteiger partial charge in [0.05, 0.1) is 16.9 Å². The summed E-state index contributed by atoms with van der Waals surface area (Å²) in [5.41, 5.74) is 2.61. The third-order valence-electron chi connectivity index (χ3n) is 6.57. The first-order valence-electron chi connectivity index (χ1n) is 11.1. The van der Waals surface area contributed by atoms with Crippen LogP contribution in [0.5, 0.6) is 0 Å². The molecule has 0 radical (unpaired) electrons. The molecule has 0 unspecified atom stereocenters. The Kier molecular flexibility index (Phi) is 5.47. The second-order valence-corrected chi connectivity index (χ2v) is 9.14. The lowest BCUT2D eigenvalue weighted by atomic mass is 10.0. The normalized spacial score (nSPS) is 15.8. The third-order valence-corrected chi connectivity index (χ3v) is 7.00. The van der Waals surface area contributed by atoms with Gasteiger partial charge in [-0.2, -0.15) is 23.0 Å². The number of alkyl halides is 3. The predicted octanol–water partition coefficient (Wildman–Crippen LogP) is 5.97. The third kappa shape index (κ3) is 3.92. The summed E-state index contributed by atoms with van der Waals surface area (Å²) in [6.45, 7) is 3.43. The lowest BCUT2D eigenvalue weighted by molar-refractivity contribution is -0.137. The highest BCUT2D eigenvalue weighted by atomic mass is 35.5. The average Bonchev–Trinajstić information content (AvgIpc) is 3.48. The number of benzene rings is 2. The van der Waals surface area contributed by atoms with Crippen LogP contribution in [0.2, 0.25) is 5.02 Å². The fraction of sp³-hybridized carbons (Fsp3) is 0.360. The van der Waals surface area contributed by atoms with Crippen molar-refractivity contribution in [2.24, 2.45) is 0 Å². The molecule has 5 rings (SSSR count). The quantitative estimate of drug-likeness (QED) is 0.470. The van der Waals surface area contributed by atoms with Gasteiger partial charge in [-0.3, -0.25) is 4.79 Å². The topological polar surface area (TPSA) is 38.1 Å². The van der Waals surface area contributed by atoms with Crippen molar-refractivity contribution in [2.75, 3.05) is 18.0 Å². The molecule has 2 aliphatic rings. The van der Waals surface area contributed by atoms with E-state index in [-0.39, 0.29) is 5.69 Å². The summed E-state index contributed by atoms with van der Waals surface area (Å²) in [5.74, 6) is 0. The second kappa shape index (κ2) is 8.20. The van der Waals surface area contributed by atoms with Crippen LogP contribution in [-0.4, -0.2) is 22.9 Å². The molecule has 2 heterocycles. The summed E-state index contributed by atoms with van der Waals surface area (Å²) in [4.78, 5) is 15.4. The Hall–Kier alpha value is -2.80. The largest absolute Gasteiger partial charge is 0.418 e. The number of aromatic nitrogens is 2. The van der Waals surface area contributed by atoms with Crippen LogP contribution >= 0.6 is 11.6 Å². The van der Waals surface area contributed by atoms with E-state index in [4.69, 9.17) is 11.6 Å². The maximum Gasteiger partial charge on any atom is 0.418 e. The summed E-state index contributed by atoms with van der Waals surface area (Å²) in [7, 11) is 0. The first kappa shape index (κ1) is 22.0. The molecule has 1 aliphatic heterocycles. The Morgan fingerprint density at radius 3 is 2.39 bits per heavy atom. The summed E-state index contributed by atoms with van der Waals surface area (Å²) < 4.78 is 43.0. The number of hydrogen-bond acceptors (Lipinski definition) is 3. The summed E-state index contributed by atoms with van der Waals surface area (Å²) in [5, 5.41) is 5.14. The van der Waals surface area contributed by atoms with Crippen molar-refractivity contribution < 1.29 is 13.2 Å². The molecule has 0 spiro atoms. The van der Waals surface area contributed by atoms with Gasteiger partial charge in [-0.1, -0.05) is 17.7 Å². The van der Waals surface area contributed by atoms with E-state index in [0.29, 0.717) is 34.8 Å². The molecule has 0 N–H and O–H groups in total. The first-order chi connectivity index (χ1) is 15.7. The maximum absolute atomic E-state index is 14.0. The van der Waals surface area contributed by atoms with Gasteiger partial charge in [0, 0.05) is 34.9 Å². The Morgan fingerprint density at radius 2 is 1.70 bits per heavy atom. The SMILES string of the molecule is Cc1cc(-c2nn(-c3cc(N4CCCC4)ccc3C(F)(F)F)c(=O)c3c2CCC3)ccc1Cl. The van der Waals surface area contributed by atoms with Crippen molar-refractivity contribution in [3.8, 4) is 16.9 Å². The number of anilines is 1. The number of halogens is 4. The zero-order chi connectivity index (χ0) is 23.3. The Labute approximate surface area is 194 Å². The zero-order valence-electron chi connectivity index (χ0n) is 18.2. The number of hydrogen-bond donors (Lipinski definition) is 0.